The summed E-state index contributed by atoms with van der Waals surface area (Å²) < 4.78 is 0. The predicted molar refractivity (Wildman–Crippen MR) is 38.0 cm³/mol. The smallest absolute Gasteiger partial charge is 0.00670 e. The van der Waals surface area contributed by atoms with Crippen LogP contribution < -0.4 is 5.32 Å². The summed E-state index contributed by atoms with van der Waals surface area (Å²) in [6, 6.07) is 0.884. The number of hydrogen-bond donors (Lipinski definition) is 1. The van der Waals surface area contributed by atoms with Crippen molar-refractivity contribution >= 4 is 0 Å². The van der Waals surface area contributed by atoms with E-state index in [-0.39, 0.29) is 1.43 Å². The van der Waals surface area contributed by atoms with Crippen LogP contribution in [0.3, 0.4) is 0 Å². The third kappa shape index (κ3) is 1.48. The molecule has 1 saturated carbocycles. The van der Waals surface area contributed by atoms with Crippen molar-refractivity contribution < 1.29 is 1.43 Å². The van der Waals surface area contributed by atoms with Gasteiger partial charge >= 0.3 is 0 Å². The number of rotatable bonds is 3. The molecule has 0 spiro atoms. The molecule has 0 aromatic heterocycles. The van der Waals surface area contributed by atoms with Crippen molar-refractivity contribution in [3.63, 3.8) is 0 Å². The van der Waals surface area contributed by atoms with Crippen LogP contribution in [0.5, 0.6) is 0 Å². The zero-order valence-electron chi connectivity index (χ0n) is 5.61. The van der Waals surface area contributed by atoms with E-state index in [2.05, 4.69) is 12.2 Å². The molecule has 1 heteroatoms. The number of hydrogen-bond acceptors (Lipinski definition) is 1. The first-order chi connectivity index (χ1) is 3.93. The Morgan fingerprint density at radius 3 is 2.75 bits per heavy atom. The zero-order valence-corrected chi connectivity index (χ0v) is 5.61. The minimum atomic E-state index is 0. The average Bonchev–Trinajstić information content (AvgIpc) is 1.63. The number of nitrogens with one attached hydrogen (secondary N) is 1. The molecule has 0 heterocycles. The Bertz CT molecular complexity index is 61.9. The highest BCUT2D eigenvalue weighted by molar-refractivity contribution is 4.75. The van der Waals surface area contributed by atoms with Gasteiger partial charge in [-0.3, -0.25) is 0 Å². The lowest BCUT2D eigenvalue weighted by molar-refractivity contribution is 0.341. The van der Waals surface area contributed by atoms with Crippen molar-refractivity contribution in [3.05, 3.63) is 0 Å². The van der Waals surface area contributed by atoms with Gasteiger partial charge in [0, 0.05) is 7.47 Å². The summed E-state index contributed by atoms with van der Waals surface area (Å²) >= 11 is 0. The first-order valence-electron chi connectivity index (χ1n) is 3.67. The predicted octanol–water partition coefficient (Wildman–Crippen LogP) is 1.78. The summed E-state index contributed by atoms with van der Waals surface area (Å²) in [7, 11) is 0. The van der Waals surface area contributed by atoms with E-state index >= 15 is 0 Å². The molecule has 1 rings (SSSR count). The molecule has 0 radical (unpaired) electrons. The van der Waals surface area contributed by atoms with Crippen molar-refractivity contribution in [3.8, 4) is 0 Å². The van der Waals surface area contributed by atoms with E-state index < -0.39 is 0 Å². The van der Waals surface area contributed by atoms with Gasteiger partial charge in [0.2, 0.25) is 0 Å². The molecule has 0 unspecified atom stereocenters. The third-order valence-corrected chi connectivity index (χ3v) is 1.79. The maximum Gasteiger partial charge on any atom is 0.00670 e. The lowest BCUT2D eigenvalue weighted by Crippen LogP contribution is -2.35. The van der Waals surface area contributed by atoms with E-state index in [0.29, 0.717) is 0 Å². The summed E-state index contributed by atoms with van der Waals surface area (Å²) in [6.45, 7) is 3.43. The Morgan fingerprint density at radius 1 is 1.62 bits per heavy atom. The lowest BCUT2D eigenvalue weighted by Gasteiger charge is -2.26. The molecule has 1 nitrogen and oxygen atoms in total. The summed E-state index contributed by atoms with van der Waals surface area (Å²) in [5.74, 6) is 0. The molecule has 50 valence electrons. The van der Waals surface area contributed by atoms with Gasteiger partial charge in [0.25, 0.3) is 0 Å². The van der Waals surface area contributed by atoms with Gasteiger partial charge in [-0.25, -0.2) is 0 Å². The fourth-order valence-corrected chi connectivity index (χ4v) is 0.961. The van der Waals surface area contributed by atoms with Crippen molar-refractivity contribution in [2.24, 2.45) is 0 Å². The molecule has 8 heavy (non-hydrogen) atoms. The normalized spacial score (nSPS) is 20.6. The lowest BCUT2D eigenvalue weighted by atomic mass is 9.93. The minimum Gasteiger partial charge on any atom is -0.314 e. The van der Waals surface area contributed by atoms with Crippen LogP contribution in [0, 0.1) is 0 Å². The quantitative estimate of drug-likeness (QED) is 0.591. The standard InChI is InChI=1S/C7H15N.H2/c1-2-6-8-7-4-3-5-7;/h7-8H,2-6H2,1H3;1H. The van der Waals surface area contributed by atoms with Crippen LogP contribution in [-0.4, -0.2) is 12.6 Å². The zero-order chi connectivity index (χ0) is 5.82. The van der Waals surface area contributed by atoms with Crippen LogP contribution in [-0.2, 0) is 0 Å². The fraction of sp³-hybridized carbons (Fsp3) is 1.00. The summed E-state index contributed by atoms with van der Waals surface area (Å²) in [5, 5.41) is 3.47. The Morgan fingerprint density at radius 2 is 2.38 bits per heavy atom. The molecule has 0 atom stereocenters. The Labute approximate surface area is 53.0 Å². The van der Waals surface area contributed by atoms with E-state index in [1.165, 1.54) is 32.2 Å². The average molecular weight is 115 g/mol. The van der Waals surface area contributed by atoms with Gasteiger partial charge in [0.1, 0.15) is 0 Å². The molecular formula is C7H17N. The molecule has 0 aromatic rings. The molecule has 1 aliphatic rings. The SMILES string of the molecule is CCCNC1CCC1.[HH]. The fourth-order valence-electron chi connectivity index (χ4n) is 0.961. The molecule has 0 bridgehead atoms. The highest BCUT2D eigenvalue weighted by Crippen LogP contribution is 2.17. The first kappa shape index (κ1) is 6.09. The van der Waals surface area contributed by atoms with E-state index in [0.717, 1.165) is 6.04 Å². The second-order valence-electron chi connectivity index (χ2n) is 2.58. The van der Waals surface area contributed by atoms with Gasteiger partial charge in [0.15, 0.2) is 0 Å². The summed E-state index contributed by atoms with van der Waals surface area (Å²) in [4.78, 5) is 0. The highest BCUT2D eigenvalue weighted by Gasteiger charge is 2.14. The van der Waals surface area contributed by atoms with Gasteiger partial charge in [-0.2, -0.15) is 0 Å². The minimum absolute atomic E-state index is 0. The maximum absolute atomic E-state index is 3.47. The highest BCUT2D eigenvalue weighted by atomic mass is 14.9. The van der Waals surface area contributed by atoms with E-state index in [9.17, 15) is 0 Å². The van der Waals surface area contributed by atoms with Gasteiger partial charge in [-0.15, -0.1) is 0 Å². The molecule has 0 amide bonds. The van der Waals surface area contributed by atoms with Crippen molar-refractivity contribution in [1.29, 1.82) is 0 Å². The van der Waals surface area contributed by atoms with E-state index in [1.54, 1.807) is 0 Å². The van der Waals surface area contributed by atoms with Crippen LogP contribution in [0.15, 0.2) is 0 Å². The monoisotopic (exact) mass is 115 g/mol. The van der Waals surface area contributed by atoms with Crippen LogP contribution in [0.4, 0.5) is 0 Å². The van der Waals surface area contributed by atoms with E-state index in [1.807, 2.05) is 0 Å². The van der Waals surface area contributed by atoms with Gasteiger partial charge in [0.05, 0.1) is 0 Å². The molecule has 1 N–H and O–H groups in total. The van der Waals surface area contributed by atoms with Crippen LogP contribution in [0.2, 0.25) is 0 Å². The molecule has 0 saturated heterocycles. The molecule has 0 aromatic carbocycles. The van der Waals surface area contributed by atoms with Crippen molar-refractivity contribution in [1.82, 2.24) is 5.32 Å². The Balaban J connectivity index is 0.000000640. The largest absolute Gasteiger partial charge is 0.314 e. The summed E-state index contributed by atoms with van der Waals surface area (Å²) in [5.41, 5.74) is 0. The maximum atomic E-state index is 3.47. The topological polar surface area (TPSA) is 12.0 Å². The van der Waals surface area contributed by atoms with Gasteiger partial charge < -0.3 is 5.32 Å². The van der Waals surface area contributed by atoms with Gasteiger partial charge in [-0.1, -0.05) is 13.3 Å². The second-order valence-corrected chi connectivity index (χ2v) is 2.58. The van der Waals surface area contributed by atoms with Crippen LogP contribution in [0.1, 0.15) is 34.0 Å². The van der Waals surface area contributed by atoms with Crippen molar-refractivity contribution in [2.75, 3.05) is 6.54 Å². The Hall–Kier alpha value is -0.0400. The van der Waals surface area contributed by atoms with E-state index in [4.69, 9.17) is 0 Å². The first-order valence-corrected chi connectivity index (χ1v) is 3.67. The third-order valence-electron chi connectivity index (χ3n) is 1.79. The summed E-state index contributed by atoms with van der Waals surface area (Å²) in [6.07, 6.45) is 5.55. The molecule has 1 fully saturated rings. The van der Waals surface area contributed by atoms with Crippen LogP contribution >= 0.6 is 0 Å². The van der Waals surface area contributed by atoms with Crippen molar-refractivity contribution in [2.45, 2.75) is 38.6 Å². The Kier molecular flexibility index (Phi) is 2.34. The molecule has 1 aliphatic carbocycles. The molecule has 0 aliphatic heterocycles. The molecular weight excluding hydrogens is 98.1 g/mol. The second kappa shape index (κ2) is 3.08. The van der Waals surface area contributed by atoms with Crippen LogP contribution in [0.25, 0.3) is 0 Å². The van der Waals surface area contributed by atoms with Gasteiger partial charge in [-0.05, 0) is 25.8 Å².